The first-order valence-electron chi connectivity index (χ1n) is 9.56. The zero-order valence-electron chi connectivity index (χ0n) is 16.6. The van der Waals surface area contributed by atoms with Gasteiger partial charge in [0.2, 0.25) is 5.60 Å². The predicted octanol–water partition coefficient (Wildman–Crippen LogP) is 5.19. The van der Waals surface area contributed by atoms with Crippen molar-refractivity contribution in [3.8, 4) is 28.0 Å². The highest BCUT2D eigenvalue weighted by Gasteiger charge is 2.61. The maximum Gasteiger partial charge on any atom is 0.425 e. The highest BCUT2D eigenvalue weighted by molar-refractivity contribution is 5.93. The van der Waals surface area contributed by atoms with Gasteiger partial charge in [0.25, 0.3) is 0 Å². The standard InChI is InChI=1S/C23H18F3NO4.ClH/c24-23(25,26)22(30)18-7-2-1-6-16(18)21-17(14-5-3-9-27-13-14)11-15(12-19(21)22)31-10-4-8-20(28)29;/h1-3,5-7,9,11-13,30H,4,8,10H2,(H,28,29);1H. The Hall–Kier alpha value is -3.10. The number of carboxylic acid groups (broad SMARTS) is 1. The zero-order valence-corrected chi connectivity index (χ0v) is 17.4. The number of rotatable bonds is 6. The van der Waals surface area contributed by atoms with Gasteiger partial charge in [0.05, 0.1) is 6.61 Å². The van der Waals surface area contributed by atoms with Crippen molar-refractivity contribution in [3.63, 3.8) is 0 Å². The third kappa shape index (κ3) is 3.91. The van der Waals surface area contributed by atoms with Crippen LogP contribution in [-0.4, -0.2) is 33.9 Å². The van der Waals surface area contributed by atoms with Crippen molar-refractivity contribution in [1.29, 1.82) is 0 Å². The van der Waals surface area contributed by atoms with Gasteiger partial charge in [-0.05, 0) is 41.3 Å². The molecular formula is C23H19ClF3NO4. The van der Waals surface area contributed by atoms with Crippen LogP contribution in [0.3, 0.4) is 0 Å². The van der Waals surface area contributed by atoms with Crippen molar-refractivity contribution in [3.05, 3.63) is 72.1 Å². The topological polar surface area (TPSA) is 79.7 Å². The smallest absolute Gasteiger partial charge is 0.425 e. The first kappa shape index (κ1) is 23.6. The van der Waals surface area contributed by atoms with Crippen LogP contribution in [0.4, 0.5) is 13.2 Å². The molecule has 5 nitrogen and oxygen atoms in total. The fourth-order valence-electron chi connectivity index (χ4n) is 3.90. The van der Waals surface area contributed by atoms with E-state index in [1.165, 1.54) is 24.4 Å². The average molecular weight is 466 g/mol. The predicted molar refractivity (Wildman–Crippen MR) is 114 cm³/mol. The summed E-state index contributed by atoms with van der Waals surface area (Å²) in [6, 6.07) is 12.0. The van der Waals surface area contributed by atoms with Gasteiger partial charge >= 0.3 is 12.1 Å². The van der Waals surface area contributed by atoms with Crippen molar-refractivity contribution in [2.24, 2.45) is 0 Å². The second-order valence-corrected chi connectivity index (χ2v) is 7.23. The number of aliphatic carboxylic acids is 1. The lowest BCUT2D eigenvalue weighted by atomic mass is 9.89. The molecule has 2 N–H and O–H groups in total. The van der Waals surface area contributed by atoms with Crippen LogP contribution in [0, 0.1) is 0 Å². The number of benzene rings is 2. The van der Waals surface area contributed by atoms with Crippen LogP contribution in [0.25, 0.3) is 22.3 Å². The van der Waals surface area contributed by atoms with Crippen LogP contribution < -0.4 is 4.74 Å². The number of fused-ring (bicyclic) bond motifs is 3. The lowest BCUT2D eigenvalue weighted by molar-refractivity contribution is -0.246. The number of ether oxygens (including phenoxy) is 1. The van der Waals surface area contributed by atoms with Crippen LogP contribution in [0.5, 0.6) is 5.75 Å². The molecule has 1 aliphatic rings. The van der Waals surface area contributed by atoms with Gasteiger partial charge in [-0.2, -0.15) is 13.2 Å². The van der Waals surface area contributed by atoms with Crippen molar-refractivity contribution < 1.29 is 32.9 Å². The zero-order chi connectivity index (χ0) is 22.2. The fourth-order valence-corrected chi connectivity index (χ4v) is 3.90. The third-order valence-electron chi connectivity index (χ3n) is 5.27. The van der Waals surface area contributed by atoms with Gasteiger partial charge in [-0.1, -0.05) is 30.3 Å². The molecule has 32 heavy (non-hydrogen) atoms. The van der Waals surface area contributed by atoms with Gasteiger partial charge in [-0.15, -0.1) is 12.4 Å². The van der Waals surface area contributed by atoms with Crippen molar-refractivity contribution >= 4 is 18.4 Å². The maximum absolute atomic E-state index is 14.2. The number of carbonyl (C=O) groups is 1. The molecule has 4 rings (SSSR count). The molecule has 2 aromatic carbocycles. The molecule has 1 heterocycles. The summed E-state index contributed by atoms with van der Waals surface area (Å²) in [4.78, 5) is 14.8. The number of pyridine rings is 1. The number of aliphatic hydroxyl groups is 1. The summed E-state index contributed by atoms with van der Waals surface area (Å²) in [6.07, 6.45) is -1.83. The molecule has 0 radical (unpaired) electrons. The van der Waals surface area contributed by atoms with Gasteiger partial charge in [-0.25, -0.2) is 0 Å². The SMILES string of the molecule is Cl.O=C(O)CCCOc1cc(-c2cccnc2)c2c(c1)C(O)(C(F)(F)F)c1ccccc1-2. The van der Waals surface area contributed by atoms with Gasteiger partial charge in [0, 0.05) is 35.5 Å². The fraction of sp³-hybridized carbons (Fsp3) is 0.217. The first-order valence-corrected chi connectivity index (χ1v) is 9.56. The van der Waals surface area contributed by atoms with E-state index in [-0.39, 0.29) is 59.9 Å². The summed E-state index contributed by atoms with van der Waals surface area (Å²) in [5, 5.41) is 19.8. The quantitative estimate of drug-likeness (QED) is 0.490. The van der Waals surface area contributed by atoms with Crippen LogP contribution in [0.1, 0.15) is 24.0 Å². The molecule has 1 atom stereocenters. The lowest BCUT2D eigenvalue weighted by Gasteiger charge is -2.28. The Morgan fingerprint density at radius 2 is 1.81 bits per heavy atom. The summed E-state index contributed by atoms with van der Waals surface area (Å²) < 4.78 is 48.2. The van der Waals surface area contributed by atoms with Crippen LogP contribution >= 0.6 is 12.4 Å². The highest BCUT2D eigenvalue weighted by Crippen LogP contribution is 2.58. The van der Waals surface area contributed by atoms with E-state index in [9.17, 15) is 23.1 Å². The number of hydrogen-bond donors (Lipinski definition) is 2. The average Bonchev–Trinajstić information content (AvgIpc) is 3.01. The van der Waals surface area contributed by atoms with Crippen LogP contribution in [0.2, 0.25) is 0 Å². The Bertz CT molecular complexity index is 1140. The van der Waals surface area contributed by atoms with E-state index >= 15 is 0 Å². The minimum Gasteiger partial charge on any atom is -0.494 e. The first-order chi connectivity index (χ1) is 14.7. The normalized spacial score (nSPS) is 16.6. The molecule has 0 bridgehead atoms. The van der Waals surface area contributed by atoms with E-state index in [4.69, 9.17) is 9.84 Å². The lowest BCUT2D eigenvalue weighted by Crippen LogP contribution is -2.41. The van der Waals surface area contributed by atoms with Crippen molar-refractivity contribution in [2.45, 2.75) is 24.6 Å². The third-order valence-corrected chi connectivity index (χ3v) is 5.27. The Morgan fingerprint density at radius 1 is 1.06 bits per heavy atom. The van der Waals surface area contributed by atoms with E-state index in [1.807, 2.05) is 0 Å². The largest absolute Gasteiger partial charge is 0.494 e. The molecule has 0 saturated carbocycles. The summed E-state index contributed by atoms with van der Waals surface area (Å²) >= 11 is 0. The molecule has 1 unspecified atom stereocenters. The van der Waals surface area contributed by atoms with E-state index in [0.29, 0.717) is 11.1 Å². The molecule has 0 amide bonds. The van der Waals surface area contributed by atoms with E-state index in [2.05, 4.69) is 4.98 Å². The van der Waals surface area contributed by atoms with Gasteiger partial charge < -0.3 is 14.9 Å². The molecule has 0 aliphatic heterocycles. The molecule has 1 aromatic heterocycles. The Labute approximate surface area is 187 Å². The molecule has 0 spiro atoms. The molecule has 0 fully saturated rings. The Morgan fingerprint density at radius 3 is 2.47 bits per heavy atom. The molecule has 0 saturated heterocycles. The Kier molecular flexibility index (Phi) is 6.48. The Balaban J connectivity index is 0.00000289. The molecule has 9 heteroatoms. The van der Waals surface area contributed by atoms with E-state index in [0.717, 1.165) is 0 Å². The van der Waals surface area contributed by atoms with Crippen LogP contribution in [-0.2, 0) is 10.4 Å². The minimum absolute atomic E-state index is 0. The summed E-state index contributed by atoms with van der Waals surface area (Å²) in [7, 11) is 0. The second-order valence-electron chi connectivity index (χ2n) is 7.23. The summed E-state index contributed by atoms with van der Waals surface area (Å²) in [6.45, 7) is 0.00889. The van der Waals surface area contributed by atoms with Gasteiger partial charge in [0.15, 0.2) is 0 Å². The van der Waals surface area contributed by atoms with E-state index < -0.39 is 17.7 Å². The molecule has 3 aromatic rings. The number of nitrogens with zero attached hydrogens (tertiary/aromatic N) is 1. The van der Waals surface area contributed by atoms with Crippen LogP contribution in [0.15, 0.2) is 60.9 Å². The number of aromatic nitrogens is 1. The van der Waals surface area contributed by atoms with Crippen molar-refractivity contribution in [2.75, 3.05) is 6.61 Å². The highest BCUT2D eigenvalue weighted by atomic mass is 35.5. The number of halogens is 4. The van der Waals surface area contributed by atoms with Gasteiger partial charge in [0.1, 0.15) is 5.75 Å². The maximum atomic E-state index is 14.2. The van der Waals surface area contributed by atoms with Crippen molar-refractivity contribution in [1.82, 2.24) is 4.98 Å². The van der Waals surface area contributed by atoms with Gasteiger partial charge in [-0.3, -0.25) is 9.78 Å². The summed E-state index contributed by atoms with van der Waals surface area (Å²) in [5.74, 6) is -0.881. The monoisotopic (exact) mass is 465 g/mol. The molecule has 1 aliphatic carbocycles. The molecular weight excluding hydrogens is 447 g/mol. The number of hydrogen-bond acceptors (Lipinski definition) is 4. The number of alkyl halides is 3. The summed E-state index contributed by atoms with van der Waals surface area (Å²) in [5.41, 5.74) is -2.21. The minimum atomic E-state index is -4.97. The second kappa shape index (κ2) is 8.80. The van der Waals surface area contributed by atoms with E-state index in [1.54, 1.807) is 36.5 Å². The number of carboxylic acids is 1. The molecule has 168 valence electrons.